The molecule has 0 radical (unpaired) electrons. The highest BCUT2D eigenvalue weighted by Crippen LogP contribution is 2.32. The van der Waals surface area contributed by atoms with E-state index in [1.54, 1.807) is 18.3 Å². The van der Waals surface area contributed by atoms with Gasteiger partial charge in [0, 0.05) is 5.69 Å². The molecule has 0 amide bonds. The predicted octanol–water partition coefficient (Wildman–Crippen LogP) is 4.52. The molecule has 1 N–H and O–H groups in total. The van der Waals surface area contributed by atoms with E-state index in [0.29, 0.717) is 10.8 Å². The Bertz CT molecular complexity index is 1000. The van der Waals surface area contributed by atoms with Crippen molar-refractivity contribution in [1.82, 2.24) is 20.2 Å². The Morgan fingerprint density at radius 3 is 2.75 bits per heavy atom. The van der Waals surface area contributed by atoms with E-state index in [1.165, 1.54) is 35.2 Å². The summed E-state index contributed by atoms with van der Waals surface area (Å²) < 4.78 is 13.9. The van der Waals surface area contributed by atoms with E-state index in [0.717, 1.165) is 20.4 Å². The maximum absolute atomic E-state index is 13.2. The molecule has 118 valence electrons. The summed E-state index contributed by atoms with van der Waals surface area (Å²) in [7, 11) is 0. The Morgan fingerprint density at radius 2 is 1.88 bits per heavy atom. The number of anilines is 2. The first-order chi connectivity index (χ1) is 11.8. The van der Waals surface area contributed by atoms with Crippen LogP contribution in [0.3, 0.4) is 0 Å². The topological polar surface area (TPSA) is 63.6 Å². The van der Waals surface area contributed by atoms with Crippen molar-refractivity contribution < 1.29 is 4.39 Å². The second-order valence-electron chi connectivity index (χ2n) is 4.81. The van der Waals surface area contributed by atoms with Gasteiger partial charge >= 0.3 is 0 Å². The summed E-state index contributed by atoms with van der Waals surface area (Å²) in [4.78, 5) is 8.92. The van der Waals surface area contributed by atoms with Gasteiger partial charge in [-0.05, 0) is 42.1 Å². The van der Waals surface area contributed by atoms with Gasteiger partial charge in [0.25, 0.3) is 0 Å². The molecule has 2 aromatic heterocycles. The molecule has 0 spiro atoms. The van der Waals surface area contributed by atoms with Crippen LogP contribution >= 0.6 is 23.1 Å². The van der Waals surface area contributed by atoms with Crippen LogP contribution in [0.2, 0.25) is 0 Å². The molecule has 0 aliphatic carbocycles. The van der Waals surface area contributed by atoms with E-state index in [-0.39, 0.29) is 5.82 Å². The van der Waals surface area contributed by atoms with Crippen LogP contribution in [0, 0.1) is 5.82 Å². The molecular weight excluding hydrogens is 345 g/mol. The van der Waals surface area contributed by atoms with Crippen molar-refractivity contribution in [1.29, 1.82) is 0 Å². The second kappa shape index (κ2) is 6.50. The van der Waals surface area contributed by atoms with Crippen molar-refractivity contribution in [2.24, 2.45) is 0 Å². The van der Waals surface area contributed by atoms with Gasteiger partial charge in [0.2, 0.25) is 5.13 Å². The second-order valence-corrected chi connectivity index (χ2v) is 7.05. The number of rotatable bonds is 4. The van der Waals surface area contributed by atoms with Crippen LogP contribution < -0.4 is 5.32 Å². The van der Waals surface area contributed by atoms with Gasteiger partial charge in [0.15, 0.2) is 4.34 Å². The third-order valence-electron chi connectivity index (χ3n) is 3.10. The summed E-state index contributed by atoms with van der Waals surface area (Å²) in [5.74, 6) is -0.300. The number of hydrogen-bond acceptors (Lipinski definition) is 7. The summed E-state index contributed by atoms with van der Waals surface area (Å²) in [6.07, 6.45) is 1.72. The summed E-state index contributed by atoms with van der Waals surface area (Å²) >= 11 is 2.77. The van der Waals surface area contributed by atoms with Crippen LogP contribution in [0.4, 0.5) is 15.2 Å². The molecule has 2 aromatic carbocycles. The summed E-state index contributed by atoms with van der Waals surface area (Å²) in [5, 5.41) is 12.6. The predicted molar refractivity (Wildman–Crippen MR) is 93.3 cm³/mol. The lowest BCUT2D eigenvalue weighted by Gasteiger charge is -2.00. The average Bonchev–Trinajstić information content (AvgIpc) is 3.02. The Morgan fingerprint density at radius 1 is 1.00 bits per heavy atom. The van der Waals surface area contributed by atoms with Crippen molar-refractivity contribution in [3.63, 3.8) is 0 Å². The molecule has 2 heterocycles. The van der Waals surface area contributed by atoms with Gasteiger partial charge in [-0.25, -0.2) is 9.37 Å². The van der Waals surface area contributed by atoms with E-state index < -0.39 is 0 Å². The molecule has 5 nitrogen and oxygen atoms in total. The minimum atomic E-state index is -0.300. The number of benzene rings is 2. The molecule has 0 aliphatic heterocycles. The number of para-hydroxylation sites is 2. The highest BCUT2D eigenvalue weighted by atomic mass is 32.2. The van der Waals surface area contributed by atoms with Crippen LogP contribution in [0.25, 0.3) is 11.0 Å². The Hall–Kier alpha value is -2.58. The summed E-state index contributed by atoms with van der Waals surface area (Å²) in [5.41, 5.74) is 2.32. The van der Waals surface area contributed by atoms with Gasteiger partial charge in [-0.3, -0.25) is 4.98 Å². The van der Waals surface area contributed by atoms with E-state index >= 15 is 0 Å². The first kappa shape index (κ1) is 15.0. The maximum atomic E-state index is 13.2. The number of fused-ring (bicyclic) bond motifs is 1. The molecule has 4 aromatic rings. The van der Waals surface area contributed by atoms with Crippen LogP contribution in [0.1, 0.15) is 0 Å². The highest BCUT2D eigenvalue weighted by molar-refractivity contribution is 8.01. The van der Waals surface area contributed by atoms with Crippen LogP contribution in [0.15, 0.2) is 64.1 Å². The Balaban J connectivity index is 1.51. The minimum absolute atomic E-state index is 0.300. The first-order valence-electron chi connectivity index (χ1n) is 7.02. The number of nitrogens with one attached hydrogen (secondary N) is 1. The third-order valence-corrected chi connectivity index (χ3v) is 4.90. The van der Waals surface area contributed by atoms with E-state index in [1.807, 2.05) is 24.3 Å². The van der Waals surface area contributed by atoms with Gasteiger partial charge in [-0.15, -0.1) is 10.2 Å². The molecule has 24 heavy (non-hydrogen) atoms. The standard InChI is InChI=1S/C16H10FN5S2/c17-10-4-3-5-11(8-10)19-15-21-22-16(24-15)23-14-9-18-12-6-1-2-7-13(12)20-14/h1-9H,(H,19,21). The largest absolute Gasteiger partial charge is 0.330 e. The van der Waals surface area contributed by atoms with Gasteiger partial charge in [0.1, 0.15) is 10.8 Å². The quantitative estimate of drug-likeness (QED) is 0.581. The smallest absolute Gasteiger partial charge is 0.210 e. The zero-order chi connectivity index (χ0) is 16.4. The highest BCUT2D eigenvalue weighted by Gasteiger charge is 2.08. The number of aromatic nitrogens is 4. The minimum Gasteiger partial charge on any atom is -0.330 e. The number of nitrogens with zero attached hydrogens (tertiary/aromatic N) is 4. The van der Waals surface area contributed by atoms with Gasteiger partial charge in [-0.2, -0.15) is 0 Å². The monoisotopic (exact) mass is 355 g/mol. The molecule has 0 fully saturated rings. The molecule has 0 aliphatic rings. The van der Waals surface area contributed by atoms with Crippen LogP contribution in [-0.2, 0) is 0 Å². The van der Waals surface area contributed by atoms with Gasteiger partial charge in [-0.1, -0.05) is 29.5 Å². The van der Waals surface area contributed by atoms with E-state index in [4.69, 9.17) is 0 Å². The molecule has 0 unspecified atom stereocenters. The van der Waals surface area contributed by atoms with Crippen LogP contribution in [0.5, 0.6) is 0 Å². The average molecular weight is 355 g/mol. The maximum Gasteiger partial charge on any atom is 0.210 e. The molecule has 0 saturated heterocycles. The zero-order valence-electron chi connectivity index (χ0n) is 12.2. The lowest BCUT2D eigenvalue weighted by atomic mass is 10.3. The van der Waals surface area contributed by atoms with Gasteiger partial charge in [0.05, 0.1) is 17.2 Å². The lowest BCUT2D eigenvalue weighted by molar-refractivity contribution is 0.628. The number of halogens is 1. The fraction of sp³-hybridized carbons (Fsp3) is 0. The lowest BCUT2D eigenvalue weighted by Crippen LogP contribution is -1.89. The van der Waals surface area contributed by atoms with Crippen molar-refractivity contribution in [3.8, 4) is 0 Å². The third kappa shape index (κ3) is 3.34. The fourth-order valence-electron chi connectivity index (χ4n) is 2.07. The molecule has 0 saturated carbocycles. The summed E-state index contributed by atoms with van der Waals surface area (Å²) in [6.45, 7) is 0. The van der Waals surface area contributed by atoms with Crippen molar-refractivity contribution in [2.75, 3.05) is 5.32 Å². The summed E-state index contributed by atoms with van der Waals surface area (Å²) in [6, 6.07) is 13.9. The molecule has 0 atom stereocenters. The fourth-order valence-corrected chi connectivity index (χ4v) is 3.74. The van der Waals surface area contributed by atoms with E-state index in [2.05, 4.69) is 25.5 Å². The molecule has 8 heteroatoms. The van der Waals surface area contributed by atoms with Crippen molar-refractivity contribution in [2.45, 2.75) is 9.37 Å². The normalized spacial score (nSPS) is 10.9. The van der Waals surface area contributed by atoms with Crippen LogP contribution in [-0.4, -0.2) is 20.2 Å². The Labute approximate surface area is 145 Å². The molecular formula is C16H10FN5S2. The zero-order valence-corrected chi connectivity index (χ0v) is 13.8. The first-order valence-corrected chi connectivity index (χ1v) is 8.65. The van der Waals surface area contributed by atoms with Crippen molar-refractivity contribution >= 4 is 45.0 Å². The number of hydrogen-bond donors (Lipinski definition) is 1. The molecule has 4 rings (SSSR count). The van der Waals surface area contributed by atoms with E-state index in [9.17, 15) is 4.39 Å². The molecule has 0 bridgehead atoms. The van der Waals surface area contributed by atoms with Crippen molar-refractivity contribution in [3.05, 3.63) is 60.5 Å². The van der Waals surface area contributed by atoms with Gasteiger partial charge < -0.3 is 5.32 Å². The SMILES string of the molecule is Fc1cccc(Nc2nnc(Sc3cnc4ccccc4n3)s2)c1. The Kier molecular flexibility index (Phi) is 4.06.